The van der Waals surface area contributed by atoms with Crippen LogP contribution in [0.3, 0.4) is 0 Å². The summed E-state index contributed by atoms with van der Waals surface area (Å²) in [6.45, 7) is 8.86. The van der Waals surface area contributed by atoms with E-state index in [-0.39, 0.29) is 11.0 Å². The molecule has 30 heavy (non-hydrogen) atoms. The van der Waals surface area contributed by atoms with Gasteiger partial charge in [-0.2, -0.15) is 0 Å². The molecule has 154 valence electrons. The molecule has 4 heteroatoms. The molecule has 1 heterocycles. The van der Waals surface area contributed by atoms with Crippen LogP contribution in [-0.4, -0.2) is 15.3 Å². The molecule has 0 amide bonds. The Morgan fingerprint density at radius 1 is 1.17 bits per heavy atom. The third kappa shape index (κ3) is 3.77. The molecule has 0 fully saturated rings. The van der Waals surface area contributed by atoms with E-state index >= 15 is 0 Å². The summed E-state index contributed by atoms with van der Waals surface area (Å²) >= 11 is 1.59. The van der Waals surface area contributed by atoms with Gasteiger partial charge in [-0.05, 0) is 30.4 Å². The highest BCUT2D eigenvalue weighted by Gasteiger charge is 2.38. The second kappa shape index (κ2) is 8.65. The zero-order valence-corrected chi connectivity index (χ0v) is 18.5. The number of nitrogens with zero attached hydrogens (tertiary/aromatic N) is 2. The maximum absolute atomic E-state index is 13.9. The molecule has 0 unspecified atom stereocenters. The Labute approximate surface area is 182 Å². The van der Waals surface area contributed by atoms with Crippen molar-refractivity contribution in [3.05, 3.63) is 94.3 Å². The lowest BCUT2D eigenvalue weighted by Gasteiger charge is -2.35. The molecule has 0 saturated carbocycles. The number of benzene rings is 2. The lowest BCUT2D eigenvalue weighted by molar-refractivity contribution is 0.427. The molecule has 1 aliphatic carbocycles. The highest BCUT2D eigenvalue weighted by molar-refractivity contribution is 7.99. The molecule has 0 saturated heterocycles. The Morgan fingerprint density at radius 2 is 1.90 bits per heavy atom. The van der Waals surface area contributed by atoms with Crippen molar-refractivity contribution in [2.75, 3.05) is 5.75 Å². The first-order valence-corrected chi connectivity index (χ1v) is 11.6. The average molecular weight is 417 g/mol. The lowest BCUT2D eigenvalue weighted by Crippen LogP contribution is -2.40. The molecule has 1 aliphatic rings. The van der Waals surface area contributed by atoms with Gasteiger partial charge in [0.05, 0.1) is 11.3 Å². The number of fused-ring (bicyclic) bond motifs is 3. The zero-order chi connectivity index (χ0) is 21.1. The van der Waals surface area contributed by atoms with Gasteiger partial charge in [0.2, 0.25) is 0 Å². The molecular weight excluding hydrogens is 388 g/mol. The van der Waals surface area contributed by atoms with Gasteiger partial charge in [-0.3, -0.25) is 9.36 Å². The van der Waals surface area contributed by atoms with Gasteiger partial charge >= 0.3 is 0 Å². The molecule has 0 N–H and O–H groups in total. The van der Waals surface area contributed by atoms with E-state index in [4.69, 9.17) is 4.98 Å². The van der Waals surface area contributed by atoms with Crippen molar-refractivity contribution < 1.29 is 0 Å². The molecule has 2 aromatic carbocycles. The minimum absolute atomic E-state index is 0.112. The summed E-state index contributed by atoms with van der Waals surface area (Å²) in [5.41, 5.74) is 5.26. The van der Waals surface area contributed by atoms with Crippen LogP contribution in [-0.2, 0) is 24.8 Å². The van der Waals surface area contributed by atoms with E-state index in [0.29, 0.717) is 6.54 Å². The van der Waals surface area contributed by atoms with Crippen molar-refractivity contribution >= 4 is 11.8 Å². The van der Waals surface area contributed by atoms with Crippen LogP contribution in [0.4, 0.5) is 0 Å². The number of aromatic nitrogens is 2. The molecular formula is C26H28N2OS. The van der Waals surface area contributed by atoms with Crippen molar-refractivity contribution in [3.63, 3.8) is 0 Å². The van der Waals surface area contributed by atoms with Gasteiger partial charge in [0, 0.05) is 23.3 Å². The van der Waals surface area contributed by atoms with Crippen LogP contribution in [0.25, 0.3) is 11.3 Å². The molecule has 3 nitrogen and oxygen atoms in total. The first-order chi connectivity index (χ1) is 14.6. The molecule has 4 rings (SSSR count). The van der Waals surface area contributed by atoms with Gasteiger partial charge < -0.3 is 0 Å². The normalized spacial score (nSPS) is 17.3. The van der Waals surface area contributed by atoms with Crippen LogP contribution < -0.4 is 5.56 Å². The monoisotopic (exact) mass is 416 g/mol. The topological polar surface area (TPSA) is 34.9 Å². The van der Waals surface area contributed by atoms with Crippen molar-refractivity contribution in [2.45, 2.75) is 50.2 Å². The second-order valence-corrected chi connectivity index (χ2v) is 9.15. The highest BCUT2D eigenvalue weighted by Crippen LogP contribution is 2.42. The van der Waals surface area contributed by atoms with E-state index in [9.17, 15) is 4.79 Å². The predicted molar refractivity (Wildman–Crippen MR) is 126 cm³/mol. The van der Waals surface area contributed by atoms with E-state index in [2.05, 4.69) is 50.8 Å². The largest absolute Gasteiger partial charge is 0.287 e. The van der Waals surface area contributed by atoms with Crippen LogP contribution in [0.2, 0.25) is 0 Å². The quantitative estimate of drug-likeness (QED) is 0.283. The van der Waals surface area contributed by atoms with E-state index in [0.717, 1.165) is 47.0 Å². The summed E-state index contributed by atoms with van der Waals surface area (Å²) in [6, 6.07) is 18.7. The van der Waals surface area contributed by atoms with E-state index in [1.165, 1.54) is 11.1 Å². The van der Waals surface area contributed by atoms with Crippen molar-refractivity contribution in [3.8, 4) is 11.3 Å². The van der Waals surface area contributed by atoms with Gasteiger partial charge in [0.25, 0.3) is 5.56 Å². The van der Waals surface area contributed by atoms with Crippen LogP contribution in [0.1, 0.15) is 37.0 Å². The minimum Gasteiger partial charge on any atom is -0.287 e. The fourth-order valence-corrected chi connectivity index (χ4v) is 5.07. The molecule has 1 atom stereocenters. The van der Waals surface area contributed by atoms with E-state index in [1.807, 2.05) is 34.9 Å². The fraction of sp³-hybridized carbons (Fsp3) is 0.308. The van der Waals surface area contributed by atoms with Crippen LogP contribution >= 0.6 is 11.8 Å². The standard InChI is InChI=1S/C26H28N2OS/c1-4-17-30-25-27-23-21-14-10-9-13-20(21)18-26(3,5-2)22(23)24(29)28(25)16-15-19-11-7-6-8-12-19/h4,6-14H,1,5,15-18H2,2-3H3/t26-/m1/s1. The Bertz CT molecular complexity index is 1120. The van der Waals surface area contributed by atoms with Gasteiger partial charge in [0.1, 0.15) is 0 Å². The maximum Gasteiger partial charge on any atom is 0.258 e. The molecule has 1 aromatic heterocycles. The van der Waals surface area contributed by atoms with Crippen LogP contribution in [0.5, 0.6) is 0 Å². The van der Waals surface area contributed by atoms with Gasteiger partial charge in [-0.15, -0.1) is 6.58 Å². The lowest BCUT2D eigenvalue weighted by atomic mass is 9.69. The molecule has 0 spiro atoms. The summed E-state index contributed by atoms with van der Waals surface area (Å²) < 4.78 is 1.89. The molecule has 3 aromatic rings. The Kier molecular flexibility index (Phi) is 5.96. The van der Waals surface area contributed by atoms with Gasteiger partial charge in [0.15, 0.2) is 5.16 Å². The first kappa shape index (κ1) is 20.7. The number of hydrogen-bond acceptors (Lipinski definition) is 3. The second-order valence-electron chi connectivity index (χ2n) is 8.16. The summed E-state index contributed by atoms with van der Waals surface area (Å²) in [6.07, 6.45) is 4.45. The zero-order valence-electron chi connectivity index (χ0n) is 17.7. The van der Waals surface area contributed by atoms with Crippen molar-refractivity contribution in [2.24, 2.45) is 0 Å². The Hall–Kier alpha value is -2.59. The van der Waals surface area contributed by atoms with Gasteiger partial charge in [-0.1, -0.05) is 86.3 Å². The van der Waals surface area contributed by atoms with E-state index in [1.54, 1.807) is 11.8 Å². The average Bonchev–Trinajstić information content (AvgIpc) is 2.77. The van der Waals surface area contributed by atoms with Gasteiger partial charge in [-0.25, -0.2) is 4.98 Å². The summed E-state index contributed by atoms with van der Waals surface area (Å²) in [4.78, 5) is 19.0. The maximum atomic E-state index is 13.9. The smallest absolute Gasteiger partial charge is 0.258 e. The Balaban J connectivity index is 1.88. The number of rotatable bonds is 7. The molecule has 0 radical (unpaired) electrons. The fourth-order valence-electron chi connectivity index (χ4n) is 4.32. The third-order valence-electron chi connectivity index (χ3n) is 6.17. The summed E-state index contributed by atoms with van der Waals surface area (Å²) in [5, 5.41) is 0.782. The predicted octanol–water partition coefficient (Wildman–Crippen LogP) is 5.65. The number of hydrogen-bond donors (Lipinski definition) is 0. The summed E-state index contributed by atoms with van der Waals surface area (Å²) in [5.74, 6) is 0.725. The minimum atomic E-state index is -0.204. The number of thioether (sulfide) groups is 1. The molecule has 0 aliphatic heterocycles. The van der Waals surface area contributed by atoms with Crippen molar-refractivity contribution in [1.82, 2.24) is 9.55 Å². The van der Waals surface area contributed by atoms with Crippen LogP contribution in [0, 0.1) is 0 Å². The summed E-state index contributed by atoms with van der Waals surface area (Å²) in [7, 11) is 0. The first-order valence-electron chi connectivity index (χ1n) is 10.6. The van der Waals surface area contributed by atoms with Crippen molar-refractivity contribution in [1.29, 1.82) is 0 Å². The van der Waals surface area contributed by atoms with Crippen LogP contribution in [0.15, 0.2) is 77.2 Å². The molecule has 0 bridgehead atoms. The van der Waals surface area contributed by atoms with E-state index < -0.39 is 0 Å². The Morgan fingerprint density at radius 3 is 2.63 bits per heavy atom. The highest BCUT2D eigenvalue weighted by atomic mass is 32.2. The number of aryl methyl sites for hydroxylation is 1. The third-order valence-corrected chi connectivity index (χ3v) is 7.14. The SMILES string of the molecule is C=CCSc1nc2c(c(=O)n1CCc1ccccc1)[C@](C)(CC)Cc1ccccc1-2.